The lowest BCUT2D eigenvalue weighted by Crippen LogP contribution is -2.47. The molecule has 224 valence electrons. The largest absolute Gasteiger partial charge is 0.494 e. The molecule has 0 bridgehead atoms. The van der Waals surface area contributed by atoms with E-state index in [1.807, 2.05) is 41.3 Å². The Morgan fingerprint density at radius 1 is 0.829 bits per heavy atom. The minimum atomic E-state index is -0.863. The number of carboxylic acids is 2. The van der Waals surface area contributed by atoms with Gasteiger partial charge in [-0.1, -0.05) is 25.0 Å². The molecule has 0 atom stereocenters. The van der Waals surface area contributed by atoms with Crippen molar-refractivity contribution in [1.82, 2.24) is 9.80 Å². The zero-order chi connectivity index (χ0) is 29.6. The third kappa shape index (κ3) is 11.5. The number of aryl methyl sites for hydroxylation is 1. The number of benzene rings is 2. The van der Waals surface area contributed by atoms with Gasteiger partial charge in [-0.2, -0.15) is 0 Å². The van der Waals surface area contributed by atoms with Crippen LogP contribution in [0, 0.1) is 3.57 Å². The van der Waals surface area contributed by atoms with Gasteiger partial charge >= 0.3 is 11.9 Å². The number of carbonyl (C=O) groups excluding carboxylic acids is 1. The maximum absolute atomic E-state index is 13.0. The lowest BCUT2D eigenvalue weighted by Gasteiger charge is -2.32. The van der Waals surface area contributed by atoms with Crippen molar-refractivity contribution >= 4 is 40.4 Å². The van der Waals surface area contributed by atoms with Gasteiger partial charge in [-0.25, -0.2) is 0 Å². The highest BCUT2D eigenvalue weighted by Gasteiger charge is 2.21. The van der Waals surface area contributed by atoms with Crippen molar-refractivity contribution in [2.24, 2.45) is 0 Å². The van der Waals surface area contributed by atoms with Crippen molar-refractivity contribution in [2.75, 3.05) is 46.4 Å². The number of nitrogens with zero attached hydrogens (tertiary/aromatic N) is 2. The maximum Gasteiger partial charge on any atom is 0.303 e. The van der Waals surface area contributed by atoms with Crippen LogP contribution in [0.3, 0.4) is 0 Å². The number of carbonyl (C=O) groups is 3. The van der Waals surface area contributed by atoms with Crippen LogP contribution in [0.4, 0.5) is 0 Å². The van der Waals surface area contributed by atoms with E-state index in [1.54, 1.807) is 0 Å². The lowest BCUT2D eigenvalue weighted by atomic mass is 9.97. The molecule has 1 amide bonds. The molecule has 0 unspecified atom stereocenters. The van der Waals surface area contributed by atoms with E-state index in [0.29, 0.717) is 30.8 Å². The molecule has 1 saturated heterocycles. The van der Waals surface area contributed by atoms with Gasteiger partial charge in [0.05, 0.1) is 13.2 Å². The molecule has 2 aromatic rings. The van der Waals surface area contributed by atoms with E-state index in [2.05, 4.69) is 34.5 Å². The summed E-state index contributed by atoms with van der Waals surface area (Å²) in [5, 5.41) is 18.0. The second-order valence-electron chi connectivity index (χ2n) is 10.4. The summed E-state index contributed by atoms with van der Waals surface area (Å²) in [7, 11) is 2.07. The summed E-state index contributed by atoms with van der Waals surface area (Å²) < 4.78 is 12.8. The first-order valence-corrected chi connectivity index (χ1v) is 15.4. The quantitative estimate of drug-likeness (QED) is 0.175. The Bertz CT molecular complexity index is 1170. The molecule has 0 aromatic heterocycles. The van der Waals surface area contributed by atoms with Gasteiger partial charge < -0.3 is 29.5 Å². The van der Waals surface area contributed by atoms with Crippen LogP contribution in [-0.4, -0.2) is 84.3 Å². The molecule has 2 aromatic carbocycles. The van der Waals surface area contributed by atoms with Crippen molar-refractivity contribution in [1.29, 1.82) is 0 Å². The molecule has 9 nitrogen and oxygen atoms in total. The van der Waals surface area contributed by atoms with E-state index in [9.17, 15) is 19.5 Å². The van der Waals surface area contributed by atoms with Gasteiger partial charge in [-0.15, -0.1) is 0 Å². The molecule has 0 aliphatic carbocycles. The Kier molecular flexibility index (Phi) is 13.7. The zero-order valence-electron chi connectivity index (χ0n) is 23.8. The van der Waals surface area contributed by atoms with E-state index in [1.165, 1.54) is 0 Å². The highest BCUT2D eigenvalue weighted by Crippen LogP contribution is 2.26. The summed E-state index contributed by atoms with van der Waals surface area (Å²) in [5.41, 5.74) is 2.65. The summed E-state index contributed by atoms with van der Waals surface area (Å²) in [6.45, 7) is 4.10. The number of rotatable bonds is 17. The first kappa shape index (κ1) is 32.7. The normalized spacial score (nSPS) is 13.7. The Balaban J connectivity index is 1.44. The average Bonchev–Trinajstić information content (AvgIpc) is 2.93. The van der Waals surface area contributed by atoms with Crippen LogP contribution in [0.1, 0.15) is 66.4 Å². The smallest absolute Gasteiger partial charge is 0.303 e. The average molecular weight is 681 g/mol. The first-order chi connectivity index (χ1) is 19.7. The first-order valence-electron chi connectivity index (χ1n) is 14.3. The molecule has 41 heavy (non-hydrogen) atoms. The number of piperazine rings is 1. The third-order valence-electron chi connectivity index (χ3n) is 7.13. The zero-order valence-corrected chi connectivity index (χ0v) is 25.9. The van der Waals surface area contributed by atoms with Gasteiger partial charge in [0.15, 0.2) is 0 Å². The van der Waals surface area contributed by atoms with Crippen LogP contribution in [0.25, 0.3) is 0 Å². The SMILES string of the molecule is CN1CCN(C(=O)c2cc(I)cc(OCCCCCCc3cccc(OCCCC(=O)O)c3CCC(=O)O)c2)CC1. The standard InChI is InChI=1S/C31H41IN2O7/c1-33-14-16-34(17-15-33)31(39)24-20-25(32)22-26(21-24)40-18-5-3-2-4-8-23-9-6-10-28(27(23)12-13-30(37)38)41-19-7-11-29(35)36/h6,9-10,20-22H,2-5,7-8,11-19H2,1H3,(H,35,36)(H,37,38). The monoisotopic (exact) mass is 680 g/mol. The summed E-state index contributed by atoms with van der Waals surface area (Å²) in [4.78, 5) is 39.1. The highest BCUT2D eigenvalue weighted by molar-refractivity contribution is 14.1. The maximum atomic E-state index is 13.0. The van der Waals surface area contributed by atoms with Crippen LogP contribution in [0.5, 0.6) is 11.5 Å². The molecule has 1 fully saturated rings. The molecule has 0 saturated carbocycles. The van der Waals surface area contributed by atoms with Gasteiger partial charge in [0, 0.05) is 48.2 Å². The van der Waals surface area contributed by atoms with Crippen LogP contribution in [0.2, 0.25) is 0 Å². The van der Waals surface area contributed by atoms with E-state index in [4.69, 9.17) is 14.6 Å². The number of unbranched alkanes of at least 4 members (excludes halogenated alkanes) is 3. The predicted octanol–water partition coefficient (Wildman–Crippen LogP) is 5.12. The molecule has 0 radical (unpaired) electrons. The fourth-order valence-corrected chi connectivity index (χ4v) is 5.47. The Morgan fingerprint density at radius 3 is 2.27 bits per heavy atom. The predicted molar refractivity (Wildman–Crippen MR) is 165 cm³/mol. The minimum Gasteiger partial charge on any atom is -0.494 e. The molecular weight excluding hydrogens is 639 g/mol. The number of halogens is 1. The van der Waals surface area contributed by atoms with Crippen LogP contribution in [-0.2, 0) is 22.4 Å². The van der Waals surface area contributed by atoms with Crippen LogP contribution in [0.15, 0.2) is 36.4 Å². The summed E-state index contributed by atoms with van der Waals surface area (Å²) in [6, 6.07) is 11.5. The van der Waals surface area contributed by atoms with Crippen molar-refractivity contribution in [2.45, 2.75) is 57.8 Å². The Labute approximate surface area is 255 Å². The van der Waals surface area contributed by atoms with E-state index in [0.717, 1.165) is 78.7 Å². The summed E-state index contributed by atoms with van der Waals surface area (Å²) >= 11 is 2.23. The number of hydrogen-bond donors (Lipinski definition) is 2. The molecule has 10 heteroatoms. The number of carboxylic acid groups (broad SMARTS) is 2. The molecule has 1 heterocycles. The fourth-order valence-electron chi connectivity index (χ4n) is 4.82. The second kappa shape index (κ2) is 17.2. The van der Waals surface area contributed by atoms with Gasteiger partial charge in [-0.3, -0.25) is 14.4 Å². The van der Waals surface area contributed by atoms with Gasteiger partial charge in [0.2, 0.25) is 0 Å². The third-order valence-corrected chi connectivity index (χ3v) is 7.75. The molecule has 3 rings (SSSR count). The summed E-state index contributed by atoms with van der Waals surface area (Å²) in [6.07, 6.45) is 5.49. The molecule has 1 aliphatic heterocycles. The van der Waals surface area contributed by atoms with Crippen molar-refractivity contribution in [3.63, 3.8) is 0 Å². The number of hydrogen-bond acceptors (Lipinski definition) is 6. The number of ether oxygens (including phenoxy) is 2. The van der Waals surface area contributed by atoms with E-state index < -0.39 is 11.9 Å². The summed E-state index contributed by atoms with van der Waals surface area (Å²) in [5.74, 6) is -0.305. The molecular formula is C31H41IN2O7. The van der Waals surface area contributed by atoms with Crippen LogP contribution >= 0.6 is 22.6 Å². The van der Waals surface area contributed by atoms with Crippen molar-refractivity contribution in [3.05, 3.63) is 56.7 Å². The number of aliphatic carboxylic acids is 2. The highest BCUT2D eigenvalue weighted by atomic mass is 127. The molecule has 1 aliphatic rings. The lowest BCUT2D eigenvalue weighted by molar-refractivity contribution is -0.138. The number of likely N-dealkylation sites (N-methyl/N-ethyl adjacent to an activating group) is 1. The molecule has 0 spiro atoms. The Morgan fingerprint density at radius 2 is 1.54 bits per heavy atom. The minimum absolute atomic E-state index is 0.0148. The van der Waals surface area contributed by atoms with Crippen molar-refractivity contribution in [3.8, 4) is 11.5 Å². The van der Waals surface area contributed by atoms with Crippen molar-refractivity contribution < 1.29 is 34.1 Å². The van der Waals surface area contributed by atoms with Gasteiger partial charge in [0.1, 0.15) is 11.5 Å². The van der Waals surface area contributed by atoms with Crippen LogP contribution < -0.4 is 9.47 Å². The van der Waals surface area contributed by atoms with E-state index in [-0.39, 0.29) is 25.4 Å². The fraction of sp³-hybridized carbons (Fsp3) is 0.516. The van der Waals surface area contributed by atoms with Gasteiger partial charge in [0.25, 0.3) is 5.91 Å². The van der Waals surface area contributed by atoms with Gasteiger partial charge in [-0.05, 0) is 97.1 Å². The topological polar surface area (TPSA) is 117 Å². The second-order valence-corrected chi connectivity index (χ2v) is 11.7. The Hall–Kier alpha value is -2.86. The van der Waals surface area contributed by atoms with E-state index >= 15 is 0 Å². The molecule has 2 N–H and O–H groups in total. The number of amides is 1.